The first-order valence-electron chi connectivity index (χ1n) is 8.62. The van der Waals surface area contributed by atoms with Crippen molar-refractivity contribution in [3.05, 3.63) is 57.4 Å². The fraction of sp³-hybridized carbons (Fsp3) is 0.300. The molecule has 6 heteroatoms. The molecule has 0 saturated heterocycles. The number of nitrogens with zero attached hydrogens (tertiary/aromatic N) is 1. The quantitative estimate of drug-likeness (QED) is 0.484. The van der Waals surface area contributed by atoms with Crippen LogP contribution in [0.5, 0.6) is 0 Å². The first kappa shape index (κ1) is 17.1. The van der Waals surface area contributed by atoms with Crippen molar-refractivity contribution in [3.8, 4) is 0 Å². The number of carbonyl (C=O) groups excluding carboxylic acids is 2. The molecule has 0 radical (unpaired) electrons. The second-order valence-electron chi connectivity index (χ2n) is 6.74. The van der Waals surface area contributed by atoms with Gasteiger partial charge in [-0.25, -0.2) is 4.79 Å². The molecule has 0 aliphatic heterocycles. The number of carbonyl (C=O) groups is 2. The smallest absolute Gasteiger partial charge is 0.356 e. The van der Waals surface area contributed by atoms with Crippen LogP contribution in [0.1, 0.15) is 51.1 Å². The van der Waals surface area contributed by atoms with Gasteiger partial charge in [0.15, 0.2) is 6.61 Å². The minimum absolute atomic E-state index is 0.175. The van der Waals surface area contributed by atoms with Gasteiger partial charge in [0, 0.05) is 33.9 Å². The van der Waals surface area contributed by atoms with Crippen LogP contribution in [0.3, 0.4) is 0 Å². The highest BCUT2D eigenvalue weighted by Gasteiger charge is 2.28. The predicted octanol–water partition coefficient (Wildman–Crippen LogP) is 4.72. The molecule has 2 aromatic heterocycles. The van der Waals surface area contributed by atoms with Crippen LogP contribution in [0.2, 0.25) is 0 Å². The van der Waals surface area contributed by atoms with E-state index in [-0.39, 0.29) is 12.4 Å². The zero-order chi connectivity index (χ0) is 18.4. The van der Waals surface area contributed by atoms with Crippen LogP contribution in [0.15, 0.2) is 34.8 Å². The Bertz CT molecular complexity index is 1030. The minimum Gasteiger partial charge on any atom is -0.453 e. The number of ketones is 1. The molecule has 1 aromatic carbocycles. The van der Waals surface area contributed by atoms with E-state index in [1.54, 1.807) is 0 Å². The lowest BCUT2D eigenvalue weighted by Gasteiger charge is -2.07. The van der Waals surface area contributed by atoms with Gasteiger partial charge in [-0.15, -0.1) is 0 Å². The Labute approximate surface area is 159 Å². The molecule has 1 fully saturated rings. The summed E-state index contributed by atoms with van der Waals surface area (Å²) < 4.78 is 8.14. The van der Waals surface area contributed by atoms with Crippen LogP contribution in [0.25, 0.3) is 10.9 Å². The fourth-order valence-corrected chi connectivity index (χ4v) is 4.09. The number of fused-ring (bicyclic) bond motifs is 1. The molecule has 1 N–H and O–H groups in total. The van der Waals surface area contributed by atoms with Crippen molar-refractivity contribution in [2.24, 2.45) is 0 Å². The van der Waals surface area contributed by atoms with Crippen molar-refractivity contribution < 1.29 is 14.3 Å². The normalized spacial score (nSPS) is 14.0. The third-order valence-corrected chi connectivity index (χ3v) is 5.70. The van der Waals surface area contributed by atoms with Crippen molar-refractivity contribution in [2.75, 3.05) is 6.61 Å². The maximum absolute atomic E-state index is 12.6. The predicted molar refractivity (Wildman–Crippen MR) is 103 cm³/mol. The van der Waals surface area contributed by atoms with E-state index in [0.717, 1.165) is 35.1 Å². The number of benzene rings is 1. The molecule has 0 atom stereocenters. The van der Waals surface area contributed by atoms with Gasteiger partial charge >= 0.3 is 5.97 Å². The molecular formula is C20H19BrN2O3. The second kappa shape index (κ2) is 6.43. The second-order valence-corrected chi connectivity index (χ2v) is 7.54. The number of ether oxygens (including phenoxy) is 1. The number of rotatable bonds is 5. The molecule has 2 heterocycles. The summed E-state index contributed by atoms with van der Waals surface area (Å²) in [6, 6.07) is 9.98. The third-order valence-electron chi connectivity index (χ3n) is 4.88. The number of para-hydroxylation sites is 1. The van der Waals surface area contributed by atoms with E-state index in [1.165, 1.54) is 0 Å². The number of nitrogens with one attached hydrogen (secondary N) is 1. The highest BCUT2D eigenvalue weighted by atomic mass is 79.9. The van der Waals surface area contributed by atoms with Crippen molar-refractivity contribution in [2.45, 2.75) is 32.7 Å². The van der Waals surface area contributed by atoms with Gasteiger partial charge in [-0.3, -0.25) is 4.79 Å². The zero-order valence-corrected chi connectivity index (χ0v) is 16.2. The standard InChI is InChI=1S/C20H19BrN2O3/c1-11-9-15(12(2)23(11)13-7-8-13)17(24)10-26-20(25)19-18(21)14-5-3-4-6-16(14)22-19/h3-6,9,13,22H,7-8,10H2,1-2H3. The maximum Gasteiger partial charge on any atom is 0.356 e. The number of H-pyrrole nitrogens is 1. The van der Waals surface area contributed by atoms with Gasteiger partial charge in [-0.1, -0.05) is 18.2 Å². The average molecular weight is 415 g/mol. The van der Waals surface area contributed by atoms with Gasteiger partial charge in [0.25, 0.3) is 0 Å². The number of aryl methyl sites for hydroxylation is 1. The van der Waals surface area contributed by atoms with E-state index in [1.807, 2.05) is 44.2 Å². The van der Waals surface area contributed by atoms with Gasteiger partial charge < -0.3 is 14.3 Å². The highest BCUT2D eigenvalue weighted by Crippen LogP contribution is 2.38. The lowest BCUT2D eigenvalue weighted by atomic mass is 10.1. The molecule has 1 aliphatic carbocycles. The SMILES string of the molecule is Cc1cc(C(=O)COC(=O)c2[nH]c3ccccc3c2Br)c(C)n1C1CC1. The topological polar surface area (TPSA) is 64.1 Å². The summed E-state index contributed by atoms with van der Waals surface area (Å²) in [5, 5.41) is 0.902. The molecule has 3 aromatic rings. The van der Waals surface area contributed by atoms with Gasteiger partial charge in [0.1, 0.15) is 5.69 Å². The fourth-order valence-electron chi connectivity index (χ4n) is 3.48. The van der Waals surface area contributed by atoms with E-state index in [0.29, 0.717) is 21.8 Å². The molecule has 26 heavy (non-hydrogen) atoms. The summed E-state index contributed by atoms with van der Waals surface area (Å²) in [6.45, 7) is 3.69. The van der Waals surface area contributed by atoms with Gasteiger partial charge in [0.2, 0.25) is 5.78 Å². The summed E-state index contributed by atoms with van der Waals surface area (Å²) in [5.74, 6) is -0.719. The van der Waals surface area contributed by atoms with Crippen molar-refractivity contribution in [1.82, 2.24) is 9.55 Å². The van der Waals surface area contributed by atoms with Crippen LogP contribution < -0.4 is 0 Å². The largest absolute Gasteiger partial charge is 0.453 e. The molecule has 1 aliphatic rings. The van der Waals surface area contributed by atoms with Crippen LogP contribution in [0, 0.1) is 13.8 Å². The average Bonchev–Trinajstić information content (AvgIpc) is 3.34. The molecule has 0 unspecified atom stereocenters. The Morgan fingerprint density at radius 2 is 2.00 bits per heavy atom. The Kier molecular flexibility index (Phi) is 4.23. The number of hydrogen-bond donors (Lipinski definition) is 1. The molecule has 4 rings (SSSR count). The summed E-state index contributed by atoms with van der Waals surface area (Å²) >= 11 is 3.43. The van der Waals surface area contributed by atoms with Crippen molar-refractivity contribution in [3.63, 3.8) is 0 Å². The molecule has 0 amide bonds. The van der Waals surface area contributed by atoms with Crippen molar-refractivity contribution in [1.29, 1.82) is 0 Å². The minimum atomic E-state index is -0.544. The number of aromatic nitrogens is 2. The summed E-state index contributed by atoms with van der Waals surface area (Å²) in [5.41, 5.74) is 3.84. The molecule has 1 saturated carbocycles. The molecule has 0 bridgehead atoms. The number of halogens is 1. The van der Waals surface area contributed by atoms with E-state index in [2.05, 4.69) is 25.5 Å². The zero-order valence-electron chi connectivity index (χ0n) is 14.6. The van der Waals surface area contributed by atoms with Crippen LogP contribution >= 0.6 is 15.9 Å². The first-order valence-corrected chi connectivity index (χ1v) is 9.41. The molecule has 5 nitrogen and oxygen atoms in total. The lowest BCUT2D eigenvalue weighted by molar-refractivity contribution is 0.0468. The van der Waals surface area contributed by atoms with Crippen LogP contribution in [0.4, 0.5) is 0 Å². The lowest BCUT2D eigenvalue weighted by Crippen LogP contribution is -2.15. The van der Waals surface area contributed by atoms with E-state index >= 15 is 0 Å². The monoisotopic (exact) mass is 414 g/mol. The summed E-state index contributed by atoms with van der Waals surface area (Å²) in [7, 11) is 0. The number of esters is 1. The summed E-state index contributed by atoms with van der Waals surface area (Å²) in [4.78, 5) is 28.0. The summed E-state index contributed by atoms with van der Waals surface area (Å²) in [6.07, 6.45) is 2.32. The molecular weight excluding hydrogens is 396 g/mol. The van der Waals surface area contributed by atoms with Crippen molar-refractivity contribution >= 4 is 38.6 Å². The maximum atomic E-state index is 12.6. The number of aromatic amines is 1. The van der Waals surface area contributed by atoms with Gasteiger partial charge in [-0.05, 0) is 54.8 Å². The molecule has 134 valence electrons. The first-order chi connectivity index (χ1) is 12.5. The van der Waals surface area contributed by atoms with Crippen LogP contribution in [-0.2, 0) is 4.74 Å². The van der Waals surface area contributed by atoms with Gasteiger partial charge in [0.05, 0.1) is 4.47 Å². The third kappa shape index (κ3) is 2.88. The van der Waals surface area contributed by atoms with E-state index in [4.69, 9.17) is 4.74 Å². The molecule has 0 spiro atoms. The van der Waals surface area contributed by atoms with Gasteiger partial charge in [-0.2, -0.15) is 0 Å². The van der Waals surface area contributed by atoms with Crippen LogP contribution in [-0.4, -0.2) is 27.9 Å². The number of hydrogen-bond acceptors (Lipinski definition) is 3. The number of Topliss-reactive ketones (excluding diaryl/α,β-unsaturated/α-hetero) is 1. The Morgan fingerprint density at radius 1 is 1.27 bits per heavy atom. The Hall–Kier alpha value is -2.34. The Morgan fingerprint density at radius 3 is 2.69 bits per heavy atom. The highest BCUT2D eigenvalue weighted by molar-refractivity contribution is 9.10. The Balaban J connectivity index is 1.50. The van der Waals surface area contributed by atoms with E-state index < -0.39 is 5.97 Å². The van der Waals surface area contributed by atoms with E-state index in [9.17, 15) is 9.59 Å².